The van der Waals surface area contributed by atoms with Crippen molar-refractivity contribution in [1.82, 2.24) is 0 Å². The van der Waals surface area contributed by atoms with Gasteiger partial charge < -0.3 is 14.2 Å². The highest BCUT2D eigenvalue weighted by Crippen LogP contribution is 2.28. The van der Waals surface area contributed by atoms with Crippen LogP contribution in [0.3, 0.4) is 0 Å². The maximum Gasteiger partial charge on any atom is 0.343 e. The van der Waals surface area contributed by atoms with Gasteiger partial charge in [0.1, 0.15) is 17.6 Å². The molecule has 0 spiro atoms. The van der Waals surface area contributed by atoms with Crippen molar-refractivity contribution in [2.24, 2.45) is 0 Å². The fourth-order valence-electron chi connectivity index (χ4n) is 6.06. The molecule has 0 saturated heterocycles. The monoisotopic (exact) mass is 664 g/mol. The van der Waals surface area contributed by atoms with Gasteiger partial charge in [-0.25, -0.2) is 4.79 Å². The van der Waals surface area contributed by atoms with E-state index in [1.165, 1.54) is 38.5 Å². The molecule has 5 nitrogen and oxygen atoms in total. The number of hydrogen-bond acceptors (Lipinski definition) is 5. The van der Waals surface area contributed by atoms with Crippen LogP contribution in [0.2, 0.25) is 0 Å². The highest BCUT2D eigenvalue weighted by atomic mass is 16.5. The average Bonchev–Trinajstić information content (AvgIpc) is 3.13. The predicted octanol–water partition coefficient (Wildman–Crippen LogP) is 12.3. The van der Waals surface area contributed by atoms with Crippen LogP contribution >= 0.6 is 0 Å². The van der Waals surface area contributed by atoms with Gasteiger partial charge in [-0.2, -0.15) is 0 Å². The Morgan fingerprint density at radius 3 is 1.80 bits per heavy atom. The van der Waals surface area contributed by atoms with Gasteiger partial charge in [0.15, 0.2) is 0 Å². The lowest BCUT2D eigenvalue weighted by Gasteiger charge is -2.20. The van der Waals surface area contributed by atoms with E-state index in [0.29, 0.717) is 11.3 Å². The standard InChI is InChI=1S/C44H56O5/c1-5-8-11-12-13-14-15-30-47-40-27-24-35(25-28-40)34-18-20-36(21-19-34)44(46)49-42-29-26-38-31-37(22-23-39(38)32-42)33(4)43(45)48-41(16-9-6-2)17-10-7-3/h18-29,31-33,41H,5-17,30H2,1-4H3/t33-/m0/s1. The van der Waals surface area contributed by atoms with Crippen LogP contribution in [0.1, 0.15) is 133 Å². The Hall–Kier alpha value is -4.12. The van der Waals surface area contributed by atoms with E-state index in [1.807, 2.05) is 61.5 Å². The van der Waals surface area contributed by atoms with E-state index in [2.05, 4.69) is 32.9 Å². The zero-order valence-corrected chi connectivity index (χ0v) is 30.2. The molecule has 4 rings (SSSR count). The predicted molar refractivity (Wildman–Crippen MR) is 202 cm³/mol. The molecule has 0 N–H and O–H groups in total. The maximum absolute atomic E-state index is 13.0. The number of benzene rings is 4. The Kier molecular flexibility index (Phi) is 15.7. The Morgan fingerprint density at radius 1 is 0.592 bits per heavy atom. The van der Waals surface area contributed by atoms with Crippen molar-refractivity contribution in [1.29, 1.82) is 0 Å². The summed E-state index contributed by atoms with van der Waals surface area (Å²) < 4.78 is 17.6. The maximum atomic E-state index is 13.0. The quantitative estimate of drug-likeness (QED) is 0.0504. The third-order valence-corrected chi connectivity index (χ3v) is 9.27. The minimum absolute atomic E-state index is 0.0142. The van der Waals surface area contributed by atoms with Gasteiger partial charge in [0.25, 0.3) is 0 Å². The van der Waals surface area contributed by atoms with Crippen LogP contribution < -0.4 is 9.47 Å². The van der Waals surface area contributed by atoms with Gasteiger partial charge >= 0.3 is 11.9 Å². The average molecular weight is 665 g/mol. The minimum Gasteiger partial charge on any atom is -0.494 e. The first-order chi connectivity index (χ1) is 23.9. The molecule has 0 unspecified atom stereocenters. The second-order valence-electron chi connectivity index (χ2n) is 13.3. The van der Waals surface area contributed by atoms with E-state index in [1.54, 1.807) is 18.2 Å². The summed E-state index contributed by atoms with van der Waals surface area (Å²) in [7, 11) is 0. The lowest BCUT2D eigenvalue weighted by Crippen LogP contribution is -2.22. The smallest absolute Gasteiger partial charge is 0.343 e. The summed E-state index contributed by atoms with van der Waals surface area (Å²) in [6, 6.07) is 27.1. The molecule has 0 aromatic heterocycles. The molecule has 1 atom stereocenters. The molecular formula is C44H56O5. The molecule has 5 heteroatoms. The van der Waals surface area contributed by atoms with Crippen molar-refractivity contribution in [3.8, 4) is 22.6 Å². The molecule has 0 aliphatic carbocycles. The Morgan fingerprint density at radius 2 is 1.14 bits per heavy atom. The van der Waals surface area contributed by atoms with Crippen molar-refractivity contribution in [3.63, 3.8) is 0 Å². The number of esters is 2. The molecular weight excluding hydrogens is 608 g/mol. The van der Waals surface area contributed by atoms with Crippen molar-refractivity contribution >= 4 is 22.7 Å². The van der Waals surface area contributed by atoms with Crippen molar-refractivity contribution in [2.75, 3.05) is 6.61 Å². The highest BCUT2D eigenvalue weighted by molar-refractivity contribution is 5.93. The van der Waals surface area contributed by atoms with E-state index in [4.69, 9.17) is 14.2 Å². The van der Waals surface area contributed by atoms with Crippen LogP contribution in [0.4, 0.5) is 0 Å². The molecule has 0 bridgehead atoms. The fraction of sp³-hybridized carbons (Fsp3) is 0.455. The third kappa shape index (κ3) is 12.1. The molecule has 4 aromatic rings. The molecule has 0 fully saturated rings. The van der Waals surface area contributed by atoms with E-state index >= 15 is 0 Å². The van der Waals surface area contributed by atoms with Crippen molar-refractivity contribution in [2.45, 2.75) is 123 Å². The molecule has 4 aromatic carbocycles. The molecule has 262 valence electrons. The van der Waals surface area contributed by atoms with E-state index in [9.17, 15) is 9.59 Å². The number of carbonyl (C=O) groups is 2. The van der Waals surface area contributed by atoms with Gasteiger partial charge in [-0.05, 0) is 90.0 Å². The molecule has 0 amide bonds. The molecule has 0 saturated carbocycles. The second-order valence-corrected chi connectivity index (χ2v) is 13.3. The number of fused-ring (bicyclic) bond motifs is 1. The molecule has 0 heterocycles. The lowest BCUT2D eigenvalue weighted by molar-refractivity contribution is -0.151. The van der Waals surface area contributed by atoms with Crippen LogP contribution in [0, 0.1) is 0 Å². The number of unbranched alkanes of at least 4 members (excludes halogenated alkanes) is 8. The van der Waals surface area contributed by atoms with Gasteiger partial charge in [0.2, 0.25) is 0 Å². The van der Waals surface area contributed by atoms with Gasteiger partial charge in [-0.15, -0.1) is 0 Å². The van der Waals surface area contributed by atoms with Crippen LogP contribution in [-0.2, 0) is 9.53 Å². The van der Waals surface area contributed by atoms with Crippen LogP contribution in [0.15, 0.2) is 84.9 Å². The molecule has 49 heavy (non-hydrogen) atoms. The molecule has 0 radical (unpaired) electrons. The second kappa shape index (κ2) is 20.4. The van der Waals surface area contributed by atoms with Crippen LogP contribution in [-0.4, -0.2) is 24.6 Å². The molecule has 0 aliphatic rings. The Bertz CT molecular complexity index is 1570. The Balaban J connectivity index is 1.28. The third-order valence-electron chi connectivity index (χ3n) is 9.27. The first kappa shape index (κ1) is 37.7. The minimum atomic E-state index is -0.409. The summed E-state index contributed by atoms with van der Waals surface area (Å²) in [5.41, 5.74) is 3.48. The van der Waals surface area contributed by atoms with E-state index in [-0.39, 0.29) is 18.0 Å². The van der Waals surface area contributed by atoms with Crippen LogP contribution in [0.25, 0.3) is 21.9 Å². The number of rotatable bonds is 21. The van der Waals surface area contributed by atoms with Gasteiger partial charge in [0, 0.05) is 0 Å². The van der Waals surface area contributed by atoms with Gasteiger partial charge in [-0.3, -0.25) is 4.79 Å². The van der Waals surface area contributed by atoms with E-state index in [0.717, 1.165) is 84.8 Å². The zero-order valence-electron chi connectivity index (χ0n) is 30.2. The Labute approximate surface area is 294 Å². The fourth-order valence-corrected chi connectivity index (χ4v) is 6.06. The normalized spacial score (nSPS) is 11.9. The summed E-state index contributed by atoms with van der Waals surface area (Å²) in [5.74, 6) is 0.416. The first-order valence-electron chi connectivity index (χ1n) is 18.7. The van der Waals surface area contributed by atoms with Gasteiger partial charge in [-0.1, -0.05) is 134 Å². The van der Waals surface area contributed by atoms with E-state index < -0.39 is 5.97 Å². The number of ether oxygens (including phenoxy) is 3. The lowest BCUT2D eigenvalue weighted by atomic mass is 9.97. The summed E-state index contributed by atoms with van der Waals surface area (Å²) in [6.07, 6.45) is 15.0. The zero-order chi connectivity index (χ0) is 34.8. The number of carbonyl (C=O) groups excluding carboxylic acids is 2. The summed E-state index contributed by atoms with van der Waals surface area (Å²) in [5, 5.41) is 1.91. The number of hydrogen-bond donors (Lipinski definition) is 0. The topological polar surface area (TPSA) is 61.8 Å². The summed E-state index contributed by atoms with van der Waals surface area (Å²) >= 11 is 0. The molecule has 0 aliphatic heterocycles. The largest absolute Gasteiger partial charge is 0.494 e. The SMILES string of the molecule is CCCCCCCCCOc1ccc(-c2ccc(C(=O)Oc3ccc4cc([C@H](C)C(=O)OC(CCCC)CCCC)ccc4c3)cc2)cc1. The first-order valence-corrected chi connectivity index (χ1v) is 18.7. The van der Waals surface area contributed by atoms with Crippen molar-refractivity contribution in [3.05, 3.63) is 96.1 Å². The summed E-state index contributed by atoms with van der Waals surface area (Å²) in [6.45, 7) is 9.22. The summed E-state index contributed by atoms with van der Waals surface area (Å²) in [4.78, 5) is 26.0. The van der Waals surface area contributed by atoms with Gasteiger partial charge in [0.05, 0.1) is 18.1 Å². The van der Waals surface area contributed by atoms with Crippen LogP contribution in [0.5, 0.6) is 11.5 Å². The van der Waals surface area contributed by atoms with Crippen molar-refractivity contribution < 1.29 is 23.8 Å². The highest BCUT2D eigenvalue weighted by Gasteiger charge is 2.21.